The summed E-state index contributed by atoms with van der Waals surface area (Å²) in [7, 11) is 3.06. The topological polar surface area (TPSA) is 127 Å². The number of benzene rings is 2. The van der Waals surface area contributed by atoms with Crippen molar-refractivity contribution in [2.75, 3.05) is 20.8 Å². The van der Waals surface area contributed by atoms with E-state index in [2.05, 4.69) is 10.6 Å². The Balaban J connectivity index is 1.60. The van der Waals surface area contributed by atoms with Crippen LogP contribution in [-0.2, 0) is 11.3 Å². The van der Waals surface area contributed by atoms with E-state index in [0.29, 0.717) is 16.9 Å². The van der Waals surface area contributed by atoms with Gasteiger partial charge in [0.25, 0.3) is 5.91 Å². The molecule has 2 aromatic carbocycles. The van der Waals surface area contributed by atoms with Crippen molar-refractivity contribution in [3.8, 4) is 17.2 Å². The number of amides is 2. The molecule has 0 atom stereocenters. The average molecular weight is 412 g/mol. The van der Waals surface area contributed by atoms with E-state index in [1.54, 1.807) is 25.3 Å². The van der Waals surface area contributed by atoms with Gasteiger partial charge in [-0.3, -0.25) is 9.59 Å². The standard InChI is InChI=1S/C21H20N2O7/c1-28-14-5-3-13(17(8-14)29-2)10-22-19(25)11-23-21(27)15-7-12-4-6-20(26)30-18(12)9-16(15)24/h3-9,24H,10-11H2,1-2H3,(H,22,25)(H,23,27). The molecule has 9 nitrogen and oxygen atoms in total. The highest BCUT2D eigenvalue weighted by molar-refractivity contribution is 6.01. The normalized spacial score (nSPS) is 10.5. The summed E-state index contributed by atoms with van der Waals surface area (Å²) in [6, 6.07) is 10.5. The number of carbonyl (C=O) groups is 2. The van der Waals surface area contributed by atoms with Gasteiger partial charge in [-0.1, -0.05) is 0 Å². The molecule has 9 heteroatoms. The maximum Gasteiger partial charge on any atom is 0.336 e. The van der Waals surface area contributed by atoms with Crippen molar-refractivity contribution < 1.29 is 28.6 Å². The van der Waals surface area contributed by atoms with Gasteiger partial charge < -0.3 is 29.6 Å². The lowest BCUT2D eigenvalue weighted by atomic mass is 10.1. The summed E-state index contributed by atoms with van der Waals surface area (Å²) in [6.45, 7) is -0.0964. The minimum absolute atomic E-state index is 0.0408. The van der Waals surface area contributed by atoms with Gasteiger partial charge in [0.05, 0.1) is 26.3 Å². The molecule has 0 aliphatic carbocycles. The minimum atomic E-state index is -0.641. The SMILES string of the molecule is COc1ccc(CNC(=O)CNC(=O)c2cc3ccc(=O)oc3cc2O)c(OC)c1. The summed E-state index contributed by atoms with van der Waals surface area (Å²) in [5.41, 5.74) is 0.291. The molecular weight excluding hydrogens is 392 g/mol. The van der Waals surface area contributed by atoms with E-state index >= 15 is 0 Å². The van der Waals surface area contributed by atoms with Crippen molar-refractivity contribution in [1.29, 1.82) is 0 Å². The number of methoxy groups -OCH3 is 2. The number of nitrogens with one attached hydrogen (secondary N) is 2. The van der Waals surface area contributed by atoms with Gasteiger partial charge in [0.1, 0.15) is 22.8 Å². The predicted octanol–water partition coefficient (Wildman–Crippen LogP) is 1.56. The Kier molecular flexibility index (Phi) is 6.21. The van der Waals surface area contributed by atoms with Gasteiger partial charge in [-0.15, -0.1) is 0 Å². The van der Waals surface area contributed by atoms with Gasteiger partial charge in [-0.05, 0) is 24.3 Å². The van der Waals surface area contributed by atoms with E-state index in [4.69, 9.17) is 13.9 Å². The Hall–Kier alpha value is -4.01. The number of hydrogen-bond acceptors (Lipinski definition) is 7. The quantitative estimate of drug-likeness (QED) is 0.503. The van der Waals surface area contributed by atoms with Crippen LogP contribution in [0.2, 0.25) is 0 Å². The zero-order chi connectivity index (χ0) is 21.7. The van der Waals surface area contributed by atoms with Gasteiger partial charge in [-0.25, -0.2) is 4.79 Å². The zero-order valence-electron chi connectivity index (χ0n) is 16.4. The molecule has 1 aromatic heterocycles. The second-order valence-corrected chi connectivity index (χ2v) is 6.30. The molecular formula is C21H20N2O7. The Morgan fingerprint density at radius 2 is 1.83 bits per heavy atom. The van der Waals surface area contributed by atoms with Gasteiger partial charge >= 0.3 is 5.63 Å². The molecule has 2 amide bonds. The molecule has 0 saturated carbocycles. The third kappa shape index (κ3) is 4.69. The molecule has 0 bridgehead atoms. The molecule has 0 aliphatic rings. The van der Waals surface area contributed by atoms with Crippen molar-refractivity contribution >= 4 is 22.8 Å². The number of phenols is 1. The molecule has 3 aromatic rings. The largest absolute Gasteiger partial charge is 0.507 e. The van der Waals surface area contributed by atoms with E-state index < -0.39 is 17.4 Å². The highest BCUT2D eigenvalue weighted by atomic mass is 16.5. The van der Waals surface area contributed by atoms with Crippen molar-refractivity contribution in [1.82, 2.24) is 10.6 Å². The number of aromatic hydroxyl groups is 1. The maximum absolute atomic E-state index is 12.3. The van der Waals surface area contributed by atoms with Crippen LogP contribution in [0.1, 0.15) is 15.9 Å². The Labute approximate surface area is 171 Å². The minimum Gasteiger partial charge on any atom is -0.507 e. The van der Waals surface area contributed by atoms with Crippen LogP contribution in [0.25, 0.3) is 11.0 Å². The van der Waals surface area contributed by atoms with Crippen molar-refractivity contribution in [2.24, 2.45) is 0 Å². The number of carbonyl (C=O) groups excluding carboxylic acids is 2. The number of hydrogen-bond donors (Lipinski definition) is 3. The van der Waals surface area contributed by atoms with Gasteiger partial charge in [-0.2, -0.15) is 0 Å². The zero-order valence-corrected chi connectivity index (χ0v) is 16.4. The summed E-state index contributed by atoms with van der Waals surface area (Å²) < 4.78 is 15.4. The first-order valence-corrected chi connectivity index (χ1v) is 8.94. The van der Waals surface area contributed by atoms with Crippen LogP contribution in [0.4, 0.5) is 0 Å². The fraction of sp³-hybridized carbons (Fsp3) is 0.190. The third-order valence-corrected chi connectivity index (χ3v) is 4.36. The van der Waals surface area contributed by atoms with E-state index in [9.17, 15) is 19.5 Å². The summed E-state index contributed by atoms with van der Waals surface area (Å²) in [5, 5.41) is 15.6. The average Bonchev–Trinajstić information content (AvgIpc) is 2.75. The second-order valence-electron chi connectivity index (χ2n) is 6.30. The van der Waals surface area contributed by atoms with E-state index in [1.165, 1.54) is 31.4 Å². The van der Waals surface area contributed by atoms with Crippen molar-refractivity contribution in [3.63, 3.8) is 0 Å². The first-order valence-electron chi connectivity index (χ1n) is 8.94. The van der Waals surface area contributed by atoms with E-state index in [-0.39, 0.29) is 30.0 Å². The van der Waals surface area contributed by atoms with E-state index in [1.807, 2.05) is 0 Å². The molecule has 0 spiro atoms. The molecule has 0 unspecified atom stereocenters. The first-order chi connectivity index (χ1) is 14.4. The molecule has 3 rings (SSSR count). The van der Waals surface area contributed by atoms with Crippen molar-refractivity contribution in [3.05, 3.63) is 64.0 Å². The number of rotatable bonds is 7. The van der Waals surface area contributed by atoms with Crippen molar-refractivity contribution in [2.45, 2.75) is 6.54 Å². The first kappa shape index (κ1) is 20.7. The molecule has 0 saturated heterocycles. The Morgan fingerprint density at radius 3 is 2.57 bits per heavy atom. The third-order valence-electron chi connectivity index (χ3n) is 4.36. The van der Waals surface area contributed by atoms with Crippen LogP contribution in [-0.4, -0.2) is 37.7 Å². The van der Waals surface area contributed by atoms with Crippen LogP contribution in [0.15, 0.2) is 51.7 Å². The summed E-state index contributed by atoms with van der Waals surface area (Å²) in [6.07, 6.45) is 0. The summed E-state index contributed by atoms with van der Waals surface area (Å²) in [4.78, 5) is 35.7. The monoisotopic (exact) mass is 412 g/mol. The summed E-state index contributed by atoms with van der Waals surface area (Å²) in [5.74, 6) is -0.238. The lowest BCUT2D eigenvalue weighted by Gasteiger charge is -2.12. The highest BCUT2D eigenvalue weighted by Gasteiger charge is 2.15. The highest BCUT2D eigenvalue weighted by Crippen LogP contribution is 2.25. The molecule has 30 heavy (non-hydrogen) atoms. The summed E-state index contributed by atoms with van der Waals surface area (Å²) >= 11 is 0. The lowest BCUT2D eigenvalue weighted by Crippen LogP contribution is -2.36. The number of phenolic OH excluding ortho intramolecular Hbond substituents is 1. The van der Waals surface area contributed by atoms with Gasteiger partial charge in [0, 0.05) is 35.7 Å². The van der Waals surface area contributed by atoms with E-state index in [0.717, 1.165) is 5.56 Å². The lowest BCUT2D eigenvalue weighted by molar-refractivity contribution is -0.120. The fourth-order valence-corrected chi connectivity index (χ4v) is 2.80. The van der Waals surface area contributed by atoms with Crippen LogP contribution in [0.3, 0.4) is 0 Å². The fourth-order valence-electron chi connectivity index (χ4n) is 2.80. The molecule has 0 aliphatic heterocycles. The van der Waals surface area contributed by atoms with Crippen LogP contribution >= 0.6 is 0 Å². The smallest absolute Gasteiger partial charge is 0.336 e. The molecule has 3 N–H and O–H groups in total. The number of ether oxygens (including phenoxy) is 2. The predicted molar refractivity (Wildman–Crippen MR) is 108 cm³/mol. The molecule has 0 fully saturated rings. The Morgan fingerprint density at radius 1 is 1.03 bits per heavy atom. The second kappa shape index (κ2) is 8.99. The number of fused-ring (bicyclic) bond motifs is 1. The maximum atomic E-state index is 12.3. The molecule has 156 valence electrons. The van der Waals surface area contributed by atoms with Crippen LogP contribution in [0.5, 0.6) is 17.2 Å². The van der Waals surface area contributed by atoms with Gasteiger partial charge in [0.15, 0.2) is 0 Å². The molecule has 1 heterocycles. The Bertz CT molecular complexity index is 1150. The van der Waals surface area contributed by atoms with Gasteiger partial charge in [0.2, 0.25) is 5.91 Å². The van der Waals surface area contributed by atoms with Crippen LogP contribution in [0, 0.1) is 0 Å². The van der Waals surface area contributed by atoms with Crippen LogP contribution < -0.4 is 25.7 Å². The molecule has 0 radical (unpaired) electrons.